The van der Waals surface area contributed by atoms with Gasteiger partial charge in [0.1, 0.15) is 22.9 Å². The Kier molecular flexibility index (Phi) is 6.54. The van der Waals surface area contributed by atoms with Gasteiger partial charge in [-0.2, -0.15) is 0 Å². The number of carbonyl (C=O) groups is 2. The fourth-order valence-electron chi connectivity index (χ4n) is 3.18. The Morgan fingerprint density at radius 3 is 2.52 bits per heavy atom. The molecule has 0 aliphatic heterocycles. The van der Waals surface area contributed by atoms with Gasteiger partial charge in [0.05, 0.1) is 24.7 Å². The van der Waals surface area contributed by atoms with E-state index in [9.17, 15) is 14.7 Å². The fraction of sp³-hybridized carbons (Fsp3) is 0.273. The lowest BCUT2D eigenvalue weighted by atomic mass is 10.1. The van der Waals surface area contributed by atoms with Crippen molar-refractivity contribution in [2.75, 3.05) is 30.9 Å². The van der Waals surface area contributed by atoms with E-state index in [-0.39, 0.29) is 11.5 Å². The number of rotatable bonds is 8. The van der Waals surface area contributed by atoms with Crippen molar-refractivity contribution in [2.24, 2.45) is 0 Å². The lowest BCUT2D eigenvalue weighted by Gasteiger charge is -2.20. The first-order valence-electron chi connectivity index (χ1n) is 9.61. The Morgan fingerprint density at radius 1 is 1.23 bits per heavy atom. The van der Waals surface area contributed by atoms with Crippen LogP contribution in [-0.4, -0.2) is 47.8 Å². The van der Waals surface area contributed by atoms with E-state index in [4.69, 9.17) is 9.26 Å². The van der Waals surface area contributed by atoms with Crippen molar-refractivity contribution in [1.82, 2.24) is 10.1 Å². The monoisotopic (exact) mass is 424 g/mol. The second-order valence-electron chi connectivity index (χ2n) is 7.06. The number of nitrogens with one attached hydrogen (secondary N) is 1. The van der Waals surface area contributed by atoms with Crippen molar-refractivity contribution < 1.29 is 24.0 Å². The van der Waals surface area contributed by atoms with Crippen molar-refractivity contribution >= 4 is 23.4 Å². The zero-order valence-electron chi connectivity index (χ0n) is 17.8. The highest BCUT2D eigenvalue weighted by Crippen LogP contribution is 2.22. The molecule has 0 fully saturated rings. The van der Waals surface area contributed by atoms with Gasteiger partial charge in [-0.1, -0.05) is 5.16 Å². The maximum absolute atomic E-state index is 12.5. The first-order valence-corrected chi connectivity index (χ1v) is 9.61. The van der Waals surface area contributed by atoms with E-state index in [2.05, 4.69) is 15.5 Å². The topological polar surface area (TPSA) is 118 Å². The molecule has 0 spiro atoms. The number of hydrogen-bond acceptors (Lipinski definition) is 7. The molecule has 2 heterocycles. The van der Waals surface area contributed by atoms with E-state index in [1.807, 2.05) is 13.8 Å². The Morgan fingerprint density at radius 2 is 1.94 bits per heavy atom. The summed E-state index contributed by atoms with van der Waals surface area (Å²) in [7, 11) is 3.31. The number of likely N-dealkylation sites (N-methyl/N-ethyl adjacent to an activating group) is 1. The van der Waals surface area contributed by atoms with Crippen molar-refractivity contribution in [1.29, 1.82) is 0 Å². The molecule has 0 saturated carbocycles. The van der Waals surface area contributed by atoms with Crippen LogP contribution in [0, 0.1) is 13.8 Å². The van der Waals surface area contributed by atoms with E-state index < -0.39 is 5.97 Å². The number of nitrogens with zero attached hydrogens (tertiary/aromatic N) is 3. The number of ether oxygens (including phenoxy) is 1. The first kappa shape index (κ1) is 21.8. The van der Waals surface area contributed by atoms with Gasteiger partial charge >= 0.3 is 5.97 Å². The number of aryl methyl sites for hydroxylation is 2. The Hall–Kier alpha value is -3.88. The number of amides is 1. The molecule has 3 aromatic rings. The van der Waals surface area contributed by atoms with E-state index in [1.165, 1.54) is 12.3 Å². The zero-order chi connectivity index (χ0) is 22.5. The predicted molar refractivity (Wildman–Crippen MR) is 115 cm³/mol. The summed E-state index contributed by atoms with van der Waals surface area (Å²) in [5.74, 6) is 0.179. The Labute approximate surface area is 179 Å². The van der Waals surface area contributed by atoms with Gasteiger partial charge in [-0.05, 0) is 50.6 Å². The lowest BCUT2D eigenvalue weighted by molar-refractivity contribution is 0.0696. The Balaban J connectivity index is 1.75. The molecule has 0 bridgehead atoms. The van der Waals surface area contributed by atoms with Crippen LogP contribution in [0.1, 0.15) is 37.7 Å². The summed E-state index contributed by atoms with van der Waals surface area (Å²) in [6.45, 7) is 4.23. The first-order chi connectivity index (χ1) is 14.8. The number of benzene rings is 1. The van der Waals surface area contributed by atoms with Gasteiger partial charge in [0.2, 0.25) is 0 Å². The third-order valence-corrected chi connectivity index (χ3v) is 4.95. The molecule has 1 amide bonds. The van der Waals surface area contributed by atoms with E-state index in [1.54, 1.807) is 43.3 Å². The van der Waals surface area contributed by atoms with Crippen LogP contribution in [0.25, 0.3) is 0 Å². The summed E-state index contributed by atoms with van der Waals surface area (Å²) in [5.41, 5.74) is 2.51. The highest BCUT2D eigenvalue weighted by atomic mass is 16.5. The molecule has 162 valence electrons. The molecule has 0 saturated heterocycles. The van der Waals surface area contributed by atoms with Crippen LogP contribution in [0.2, 0.25) is 0 Å². The van der Waals surface area contributed by atoms with Crippen molar-refractivity contribution in [3.63, 3.8) is 0 Å². The SMILES string of the molecule is COc1ccc(C(=O)Nc2cnc(N(C)CCc3c(C)noc3C)c(C(=O)O)c2)cc1. The van der Waals surface area contributed by atoms with Gasteiger partial charge in [-0.25, -0.2) is 9.78 Å². The summed E-state index contributed by atoms with van der Waals surface area (Å²) >= 11 is 0. The van der Waals surface area contributed by atoms with Crippen molar-refractivity contribution in [2.45, 2.75) is 20.3 Å². The van der Waals surface area contributed by atoms with E-state index in [0.717, 1.165) is 17.0 Å². The molecule has 0 aliphatic rings. The second kappa shape index (κ2) is 9.29. The minimum absolute atomic E-state index is 0.00575. The molecule has 0 atom stereocenters. The maximum Gasteiger partial charge on any atom is 0.339 e. The Bertz CT molecular complexity index is 1070. The minimum atomic E-state index is -1.13. The van der Waals surface area contributed by atoms with Crippen LogP contribution in [0.15, 0.2) is 41.1 Å². The molecule has 3 rings (SSSR count). The fourth-order valence-corrected chi connectivity index (χ4v) is 3.18. The molecule has 1 aromatic carbocycles. The molecule has 9 nitrogen and oxygen atoms in total. The number of hydrogen-bond donors (Lipinski definition) is 2. The summed E-state index contributed by atoms with van der Waals surface area (Å²) in [4.78, 5) is 30.3. The van der Waals surface area contributed by atoms with Crippen molar-refractivity contribution in [3.8, 4) is 5.75 Å². The molecular weight excluding hydrogens is 400 g/mol. The number of aromatic carboxylic acids is 1. The zero-order valence-corrected chi connectivity index (χ0v) is 17.8. The number of methoxy groups -OCH3 is 1. The molecule has 0 radical (unpaired) electrons. The average Bonchev–Trinajstić information content (AvgIpc) is 3.09. The number of carbonyl (C=O) groups excluding carboxylic acids is 1. The van der Waals surface area contributed by atoms with Crippen LogP contribution < -0.4 is 15.0 Å². The predicted octanol–water partition coefficient (Wildman–Crippen LogP) is 3.32. The summed E-state index contributed by atoms with van der Waals surface area (Å²) in [6, 6.07) is 7.99. The molecule has 2 aromatic heterocycles. The normalized spacial score (nSPS) is 10.6. The number of anilines is 2. The lowest BCUT2D eigenvalue weighted by Crippen LogP contribution is -2.24. The number of pyridine rings is 1. The highest BCUT2D eigenvalue weighted by Gasteiger charge is 2.18. The molecular formula is C22H24N4O5. The van der Waals surface area contributed by atoms with Gasteiger partial charge in [0, 0.05) is 24.7 Å². The standard InChI is InChI=1S/C22H24N4O5/c1-13-18(14(2)31-25-13)9-10-26(3)20-19(22(28)29)11-16(12-23-20)24-21(27)15-5-7-17(30-4)8-6-15/h5-8,11-12H,9-10H2,1-4H3,(H,24,27)(H,28,29). The maximum atomic E-state index is 12.5. The average molecular weight is 424 g/mol. The largest absolute Gasteiger partial charge is 0.497 e. The molecule has 31 heavy (non-hydrogen) atoms. The summed E-state index contributed by atoms with van der Waals surface area (Å²) in [5, 5.41) is 16.3. The quantitative estimate of drug-likeness (QED) is 0.565. The van der Waals surface area contributed by atoms with Crippen LogP contribution in [0.3, 0.4) is 0 Å². The van der Waals surface area contributed by atoms with Gasteiger partial charge in [-0.3, -0.25) is 4.79 Å². The van der Waals surface area contributed by atoms with Gasteiger partial charge < -0.3 is 24.6 Å². The number of aromatic nitrogens is 2. The van der Waals surface area contributed by atoms with Gasteiger partial charge in [0.15, 0.2) is 0 Å². The summed E-state index contributed by atoms with van der Waals surface area (Å²) in [6.07, 6.45) is 2.07. The third-order valence-electron chi connectivity index (χ3n) is 4.95. The number of carboxylic acid groups (broad SMARTS) is 1. The number of carboxylic acids is 1. The van der Waals surface area contributed by atoms with Gasteiger partial charge in [0.25, 0.3) is 5.91 Å². The van der Waals surface area contributed by atoms with Crippen LogP contribution in [-0.2, 0) is 6.42 Å². The van der Waals surface area contributed by atoms with Crippen LogP contribution in [0.5, 0.6) is 5.75 Å². The minimum Gasteiger partial charge on any atom is -0.497 e. The molecule has 2 N–H and O–H groups in total. The van der Waals surface area contributed by atoms with Crippen molar-refractivity contribution in [3.05, 3.63) is 64.7 Å². The molecule has 0 aliphatic carbocycles. The van der Waals surface area contributed by atoms with Gasteiger partial charge in [-0.15, -0.1) is 0 Å². The summed E-state index contributed by atoms with van der Waals surface area (Å²) < 4.78 is 10.3. The molecule has 9 heteroatoms. The van der Waals surface area contributed by atoms with Crippen LogP contribution >= 0.6 is 0 Å². The third kappa shape index (κ3) is 5.00. The van der Waals surface area contributed by atoms with Crippen LogP contribution in [0.4, 0.5) is 11.5 Å². The second-order valence-corrected chi connectivity index (χ2v) is 7.06. The highest BCUT2D eigenvalue weighted by molar-refractivity contribution is 6.05. The van der Waals surface area contributed by atoms with E-state index >= 15 is 0 Å². The smallest absolute Gasteiger partial charge is 0.339 e. The van der Waals surface area contributed by atoms with E-state index in [0.29, 0.717) is 35.8 Å². The molecule has 0 unspecified atom stereocenters.